The molecule has 1 aromatic heterocycles. The van der Waals surface area contributed by atoms with Gasteiger partial charge in [-0.3, -0.25) is 4.79 Å². The quantitative estimate of drug-likeness (QED) is 0.562. The van der Waals surface area contributed by atoms with E-state index in [9.17, 15) is 9.18 Å². The summed E-state index contributed by atoms with van der Waals surface area (Å²) in [4.78, 5) is 19.1. The Morgan fingerprint density at radius 3 is 2.79 bits per heavy atom. The van der Waals surface area contributed by atoms with E-state index < -0.39 is 12.1 Å². The summed E-state index contributed by atoms with van der Waals surface area (Å²) >= 11 is 0. The lowest BCUT2D eigenvalue weighted by Gasteiger charge is -2.17. The van der Waals surface area contributed by atoms with Crippen molar-refractivity contribution in [3.8, 4) is 29.0 Å². The normalized spacial score (nSPS) is 18.2. The van der Waals surface area contributed by atoms with Crippen molar-refractivity contribution in [3.05, 3.63) is 65.2 Å². The number of methoxy groups -OCH3 is 1. The number of carbonyl (C=O) groups is 1. The number of fused-ring (bicyclic) bond motifs is 2. The lowest BCUT2D eigenvalue weighted by molar-refractivity contribution is -0.137. The third-order valence-corrected chi connectivity index (χ3v) is 5.82. The first kappa shape index (κ1) is 21.0. The van der Waals surface area contributed by atoms with Gasteiger partial charge in [0.05, 0.1) is 32.5 Å². The Kier molecular flexibility index (Phi) is 5.45. The Bertz CT molecular complexity index is 1200. The second-order valence-corrected chi connectivity index (χ2v) is 7.90. The summed E-state index contributed by atoms with van der Waals surface area (Å²) in [7, 11) is 1.48. The molecule has 0 fully saturated rings. The summed E-state index contributed by atoms with van der Waals surface area (Å²) in [6.45, 7) is 0.321. The molecular weight excluding hydrogens is 431 g/mol. The highest BCUT2D eigenvalue weighted by atomic mass is 19.1. The number of rotatable bonds is 7. The van der Waals surface area contributed by atoms with E-state index in [-0.39, 0.29) is 24.2 Å². The summed E-state index contributed by atoms with van der Waals surface area (Å²) in [6.07, 6.45) is 3.69. The van der Waals surface area contributed by atoms with Crippen LogP contribution in [0.5, 0.6) is 29.0 Å². The summed E-state index contributed by atoms with van der Waals surface area (Å²) in [5.74, 6) is 0.684. The molecule has 1 aliphatic carbocycles. The number of hydrogen-bond donors (Lipinski definition) is 1. The fraction of sp³-hybridized carbons (Fsp3) is 0.292. The first-order chi connectivity index (χ1) is 16.0. The van der Waals surface area contributed by atoms with E-state index in [0.717, 1.165) is 11.1 Å². The van der Waals surface area contributed by atoms with Crippen LogP contribution in [0.4, 0.5) is 4.39 Å². The van der Waals surface area contributed by atoms with Gasteiger partial charge in [0.1, 0.15) is 29.2 Å². The molecular formula is C24H21FN2O6. The molecule has 9 heteroatoms. The highest BCUT2D eigenvalue weighted by Crippen LogP contribution is 2.44. The fourth-order valence-electron chi connectivity index (χ4n) is 4.32. The molecule has 170 valence electrons. The number of benzene rings is 2. The van der Waals surface area contributed by atoms with Gasteiger partial charge in [0.2, 0.25) is 0 Å². The zero-order valence-electron chi connectivity index (χ0n) is 17.8. The number of aromatic nitrogens is 2. The molecule has 0 saturated carbocycles. The van der Waals surface area contributed by atoms with Gasteiger partial charge in [-0.2, -0.15) is 9.97 Å². The van der Waals surface area contributed by atoms with Crippen LogP contribution in [-0.4, -0.2) is 34.8 Å². The maximum absolute atomic E-state index is 14.8. The van der Waals surface area contributed by atoms with Crippen LogP contribution >= 0.6 is 0 Å². The minimum absolute atomic E-state index is 0.0103. The van der Waals surface area contributed by atoms with E-state index in [2.05, 4.69) is 9.97 Å². The predicted octanol–water partition coefficient (Wildman–Crippen LogP) is 4.43. The molecule has 0 amide bonds. The Labute approximate surface area is 188 Å². The van der Waals surface area contributed by atoms with Crippen LogP contribution in [0.15, 0.2) is 42.7 Å². The van der Waals surface area contributed by atoms with Gasteiger partial charge in [-0.05, 0) is 31.0 Å². The zero-order valence-corrected chi connectivity index (χ0v) is 17.8. The smallest absolute Gasteiger partial charge is 0.316 e. The number of carboxylic acids is 1. The molecule has 33 heavy (non-hydrogen) atoms. The standard InChI is InChI=1S/C24H21FN2O6/c1-30-24-26-10-15(11-27-24)33-19-7-5-18(25)23-17(19)4-6-20(23)32-14-2-3-16-13(8-22(28)29)12-31-21(16)9-14/h2-3,5,7,9-11,13,20H,4,6,8,12H2,1H3,(H,28,29)/t13-,20-/m1/s1. The number of hydrogen-bond acceptors (Lipinski definition) is 7. The molecule has 1 N–H and O–H groups in total. The van der Waals surface area contributed by atoms with Crippen molar-refractivity contribution in [2.75, 3.05) is 13.7 Å². The summed E-state index contributed by atoms with van der Waals surface area (Å²) in [6, 6.07) is 8.51. The molecule has 0 spiro atoms. The van der Waals surface area contributed by atoms with Crippen LogP contribution in [-0.2, 0) is 11.2 Å². The molecule has 8 nitrogen and oxygen atoms in total. The van der Waals surface area contributed by atoms with Crippen molar-refractivity contribution in [2.45, 2.75) is 31.3 Å². The van der Waals surface area contributed by atoms with Crippen LogP contribution < -0.4 is 18.9 Å². The maximum atomic E-state index is 14.8. The van der Waals surface area contributed by atoms with Crippen molar-refractivity contribution >= 4 is 5.97 Å². The molecule has 0 saturated heterocycles. The summed E-state index contributed by atoms with van der Waals surface area (Å²) in [5, 5.41) is 9.06. The number of aliphatic carboxylic acids is 1. The maximum Gasteiger partial charge on any atom is 0.316 e. The number of carboxylic acid groups (broad SMARTS) is 1. The van der Waals surface area contributed by atoms with Crippen molar-refractivity contribution in [1.29, 1.82) is 0 Å². The SMILES string of the molecule is COc1ncc(Oc2ccc(F)c3c2CC[C@H]3Oc2ccc3c(c2)OC[C@H]3CC(=O)O)cn1. The van der Waals surface area contributed by atoms with E-state index in [1.807, 2.05) is 6.07 Å². The molecule has 5 rings (SSSR count). The van der Waals surface area contributed by atoms with Gasteiger partial charge in [-0.15, -0.1) is 0 Å². The molecule has 2 atom stereocenters. The van der Waals surface area contributed by atoms with Crippen molar-refractivity contribution < 1.29 is 33.2 Å². The lowest BCUT2D eigenvalue weighted by atomic mass is 9.98. The molecule has 2 aliphatic rings. The zero-order chi connectivity index (χ0) is 22.9. The molecule has 0 unspecified atom stereocenters. The van der Waals surface area contributed by atoms with Gasteiger partial charge in [0.15, 0.2) is 5.75 Å². The van der Waals surface area contributed by atoms with Crippen LogP contribution in [0, 0.1) is 5.82 Å². The molecule has 1 aliphatic heterocycles. The average Bonchev–Trinajstić information content (AvgIpc) is 3.41. The number of nitrogens with zero attached hydrogens (tertiary/aromatic N) is 2. The van der Waals surface area contributed by atoms with E-state index >= 15 is 0 Å². The number of ether oxygens (including phenoxy) is 4. The predicted molar refractivity (Wildman–Crippen MR) is 114 cm³/mol. The first-order valence-electron chi connectivity index (χ1n) is 10.5. The third-order valence-electron chi connectivity index (χ3n) is 5.82. The summed E-state index contributed by atoms with van der Waals surface area (Å²) in [5.41, 5.74) is 2.06. The molecule has 0 bridgehead atoms. The Hall–Kier alpha value is -3.88. The van der Waals surface area contributed by atoms with E-state index in [1.165, 1.54) is 25.6 Å². The van der Waals surface area contributed by atoms with E-state index in [0.29, 0.717) is 48.0 Å². The van der Waals surface area contributed by atoms with Gasteiger partial charge in [-0.25, -0.2) is 4.39 Å². The van der Waals surface area contributed by atoms with Gasteiger partial charge in [0.25, 0.3) is 0 Å². The Morgan fingerprint density at radius 2 is 2.03 bits per heavy atom. The molecule has 2 heterocycles. The molecule has 3 aromatic rings. The highest BCUT2D eigenvalue weighted by molar-refractivity contribution is 5.68. The van der Waals surface area contributed by atoms with Crippen LogP contribution in [0.2, 0.25) is 0 Å². The first-order valence-corrected chi connectivity index (χ1v) is 10.5. The van der Waals surface area contributed by atoms with Crippen LogP contribution in [0.3, 0.4) is 0 Å². The van der Waals surface area contributed by atoms with Crippen LogP contribution in [0.25, 0.3) is 0 Å². The third kappa shape index (κ3) is 4.13. The van der Waals surface area contributed by atoms with Crippen molar-refractivity contribution in [1.82, 2.24) is 9.97 Å². The average molecular weight is 452 g/mol. The molecule has 0 radical (unpaired) electrons. The topological polar surface area (TPSA) is 100 Å². The minimum Gasteiger partial charge on any atom is -0.492 e. The van der Waals surface area contributed by atoms with Crippen LogP contribution in [0.1, 0.15) is 41.6 Å². The fourth-order valence-corrected chi connectivity index (χ4v) is 4.32. The molecule has 2 aromatic carbocycles. The Morgan fingerprint density at radius 1 is 1.21 bits per heavy atom. The number of halogens is 1. The Balaban J connectivity index is 1.36. The van der Waals surface area contributed by atoms with Gasteiger partial charge in [0, 0.05) is 28.7 Å². The van der Waals surface area contributed by atoms with Gasteiger partial charge in [-0.1, -0.05) is 6.07 Å². The lowest BCUT2D eigenvalue weighted by Crippen LogP contribution is -2.07. The van der Waals surface area contributed by atoms with Gasteiger partial charge >= 0.3 is 12.0 Å². The monoisotopic (exact) mass is 452 g/mol. The van der Waals surface area contributed by atoms with E-state index in [1.54, 1.807) is 18.2 Å². The second-order valence-electron chi connectivity index (χ2n) is 7.90. The van der Waals surface area contributed by atoms with Crippen molar-refractivity contribution in [3.63, 3.8) is 0 Å². The van der Waals surface area contributed by atoms with Crippen molar-refractivity contribution in [2.24, 2.45) is 0 Å². The largest absolute Gasteiger partial charge is 0.492 e. The second kappa shape index (κ2) is 8.57. The minimum atomic E-state index is -0.867. The van der Waals surface area contributed by atoms with E-state index in [4.69, 9.17) is 24.1 Å². The summed E-state index contributed by atoms with van der Waals surface area (Å²) < 4.78 is 37.4. The van der Waals surface area contributed by atoms with Gasteiger partial charge < -0.3 is 24.1 Å². The highest BCUT2D eigenvalue weighted by Gasteiger charge is 2.32.